The molecule has 1 aromatic heterocycles. The van der Waals surface area contributed by atoms with Crippen molar-refractivity contribution in [1.29, 1.82) is 0 Å². The molecule has 5 unspecified atom stereocenters. The van der Waals surface area contributed by atoms with Gasteiger partial charge < -0.3 is 36.9 Å². The van der Waals surface area contributed by atoms with Gasteiger partial charge in [0, 0.05) is 22.9 Å². The summed E-state index contributed by atoms with van der Waals surface area (Å²) in [4.78, 5) is 52.6. The van der Waals surface area contributed by atoms with Crippen molar-refractivity contribution in [2.24, 2.45) is 11.7 Å². The summed E-state index contributed by atoms with van der Waals surface area (Å²) in [6.07, 6.45) is 0.677. The number of benzene rings is 1. The molecule has 0 aliphatic heterocycles. The molecule has 2 aromatic rings. The predicted molar refractivity (Wildman–Crippen MR) is 134 cm³/mol. The van der Waals surface area contributed by atoms with E-state index in [1.807, 2.05) is 24.3 Å². The average Bonchev–Trinajstić information content (AvgIpc) is 3.20. The number of nitrogens with two attached hydrogens (primary N) is 1. The van der Waals surface area contributed by atoms with Crippen molar-refractivity contribution in [3.05, 3.63) is 36.0 Å². The zero-order valence-corrected chi connectivity index (χ0v) is 20.7. The maximum absolute atomic E-state index is 12.8. The number of rotatable bonds is 12. The van der Waals surface area contributed by atoms with E-state index in [0.29, 0.717) is 0 Å². The van der Waals surface area contributed by atoms with Crippen LogP contribution in [0, 0.1) is 5.92 Å². The van der Waals surface area contributed by atoms with Crippen LogP contribution in [0.2, 0.25) is 0 Å². The SMILES string of the molecule is CC(C)C(NC(=O)C(CS)NC(=O)C(N)Cc1c[nH]c2ccccc12)C(=O)NC(C(=O)O)C(C)O. The zero-order valence-electron chi connectivity index (χ0n) is 19.8. The second kappa shape index (κ2) is 12.6. The molecule has 0 saturated carbocycles. The number of aliphatic hydroxyl groups is 1. The van der Waals surface area contributed by atoms with Gasteiger partial charge in [-0.2, -0.15) is 12.6 Å². The second-order valence-electron chi connectivity index (χ2n) is 8.71. The molecule has 11 nitrogen and oxygen atoms in total. The number of hydrogen-bond donors (Lipinski definition) is 8. The minimum absolute atomic E-state index is 0.0603. The summed E-state index contributed by atoms with van der Waals surface area (Å²) in [6.45, 7) is 4.55. The van der Waals surface area contributed by atoms with Crippen molar-refractivity contribution < 1.29 is 29.4 Å². The maximum atomic E-state index is 12.8. The van der Waals surface area contributed by atoms with Crippen LogP contribution < -0.4 is 21.7 Å². The summed E-state index contributed by atoms with van der Waals surface area (Å²) in [6, 6.07) is 2.93. The number of nitrogens with one attached hydrogen (secondary N) is 4. The van der Waals surface area contributed by atoms with Crippen LogP contribution in [-0.2, 0) is 25.6 Å². The van der Waals surface area contributed by atoms with Gasteiger partial charge >= 0.3 is 5.97 Å². The summed E-state index contributed by atoms with van der Waals surface area (Å²) in [7, 11) is 0. The minimum Gasteiger partial charge on any atom is -0.480 e. The van der Waals surface area contributed by atoms with Gasteiger partial charge in [-0.25, -0.2) is 4.79 Å². The van der Waals surface area contributed by atoms with E-state index in [9.17, 15) is 29.4 Å². The molecule has 5 atom stereocenters. The number of H-pyrrole nitrogens is 1. The van der Waals surface area contributed by atoms with E-state index in [2.05, 4.69) is 33.6 Å². The number of carboxylic acids is 1. The Morgan fingerprint density at radius 1 is 1.00 bits per heavy atom. The number of fused-ring (bicyclic) bond motifs is 1. The first-order valence-corrected chi connectivity index (χ1v) is 11.8. The molecular weight excluding hydrogens is 474 g/mol. The van der Waals surface area contributed by atoms with Gasteiger partial charge in [-0.05, 0) is 30.9 Å². The number of aliphatic hydroxyl groups excluding tert-OH is 1. The number of carbonyl (C=O) groups excluding carboxylic acids is 3. The maximum Gasteiger partial charge on any atom is 0.328 e. The van der Waals surface area contributed by atoms with Gasteiger partial charge in [-0.1, -0.05) is 32.0 Å². The zero-order chi connectivity index (χ0) is 26.3. The molecule has 35 heavy (non-hydrogen) atoms. The van der Waals surface area contributed by atoms with Gasteiger partial charge in [0.05, 0.1) is 12.1 Å². The van der Waals surface area contributed by atoms with Crippen LogP contribution in [-0.4, -0.2) is 74.9 Å². The topological polar surface area (TPSA) is 187 Å². The van der Waals surface area contributed by atoms with Crippen LogP contribution in [0.4, 0.5) is 0 Å². The quantitative estimate of drug-likeness (QED) is 0.179. The molecule has 0 radical (unpaired) electrons. The Labute approximate surface area is 208 Å². The lowest BCUT2D eigenvalue weighted by Crippen LogP contribution is -2.60. The molecule has 3 amide bonds. The fourth-order valence-corrected chi connectivity index (χ4v) is 3.78. The first-order valence-electron chi connectivity index (χ1n) is 11.2. The number of aromatic amines is 1. The molecule has 0 spiro atoms. The van der Waals surface area contributed by atoms with Gasteiger partial charge in [-0.3, -0.25) is 14.4 Å². The Morgan fingerprint density at radius 2 is 1.63 bits per heavy atom. The van der Waals surface area contributed by atoms with Crippen LogP contribution in [0.25, 0.3) is 10.9 Å². The van der Waals surface area contributed by atoms with Crippen molar-refractivity contribution in [1.82, 2.24) is 20.9 Å². The number of para-hydroxylation sites is 1. The number of aliphatic carboxylic acids is 1. The van der Waals surface area contributed by atoms with Gasteiger partial charge in [0.2, 0.25) is 17.7 Å². The lowest BCUT2D eigenvalue weighted by molar-refractivity contribution is -0.145. The highest BCUT2D eigenvalue weighted by molar-refractivity contribution is 7.80. The third kappa shape index (κ3) is 7.44. The molecule has 1 aromatic carbocycles. The first kappa shape index (κ1) is 28.1. The van der Waals surface area contributed by atoms with Crippen LogP contribution >= 0.6 is 12.6 Å². The lowest BCUT2D eigenvalue weighted by Gasteiger charge is -2.27. The number of hydrogen-bond acceptors (Lipinski definition) is 7. The third-order valence-electron chi connectivity index (χ3n) is 5.56. The summed E-state index contributed by atoms with van der Waals surface area (Å²) < 4.78 is 0. The molecule has 0 saturated heterocycles. The van der Waals surface area contributed by atoms with Crippen LogP contribution in [0.15, 0.2) is 30.5 Å². The Balaban J connectivity index is 2.03. The molecule has 0 aliphatic rings. The highest BCUT2D eigenvalue weighted by Crippen LogP contribution is 2.18. The van der Waals surface area contributed by atoms with E-state index >= 15 is 0 Å². The predicted octanol–water partition coefficient (Wildman–Crippen LogP) is -0.457. The standard InChI is InChI=1S/C23H33N5O6S/c1-11(2)18(22(32)28-19(12(3)29)23(33)34)27-21(31)17(10-35)26-20(30)15(24)8-13-9-25-16-7-5-4-6-14(13)16/h4-7,9,11-12,15,17-19,25,29,35H,8,10,24H2,1-3H3,(H,26,30)(H,27,31)(H,28,32)(H,33,34). The number of aromatic nitrogens is 1. The van der Waals surface area contributed by atoms with Gasteiger partial charge in [-0.15, -0.1) is 0 Å². The van der Waals surface area contributed by atoms with Crippen molar-refractivity contribution in [3.63, 3.8) is 0 Å². The first-order chi connectivity index (χ1) is 16.5. The lowest BCUT2D eigenvalue weighted by atomic mass is 10.0. The van der Waals surface area contributed by atoms with Crippen molar-refractivity contribution >= 4 is 47.2 Å². The number of carboxylic acid groups (broad SMARTS) is 1. The molecule has 0 fully saturated rings. The largest absolute Gasteiger partial charge is 0.480 e. The monoisotopic (exact) mass is 507 g/mol. The van der Waals surface area contributed by atoms with E-state index in [1.165, 1.54) is 6.92 Å². The van der Waals surface area contributed by atoms with Crippen LogP contribution in [0.1, 0.15) is 26.3 Å². The Morgan fingerprint density at radius 3 is 2.20 bits per heavy atom. The normalized spacial score (nSPS) is 15.6. The molecule has 192 valence electrons. The summed E-state index contributed by atoms with van der Waals surface area (Å²) in [5.74, 6) is -3.90. The Bertz CT molecular complexity index is 1060. The fourth-order valence-electron chi connectivity index (χ4n) is 3.52. The van der Waals surface area contributed by atoms with Crippen LogP contribution in [0.3, 0.4) is 0 Å². The number of amides is 3. The van der Waals surface area contributed by atoms with Gasteiger partial charge in [0.1, 0.15) is 12.1 Å². The second-order valence-corrected chi connectivity index (χ2v) is 9.07. The highest BCUT2D eigenvalue weighted by Gasteiger charge is 2.33. The van der Waals surface area contributed by atoms with Gasteiger partial charge in [0.15, 0.2) is 6.04 Å². The molecule has 1 heterocycles. The third-order valence-corrected chi connectivity index (χ3v) is 5.93. The van der Waals surface area contributed by atoms with E-state index in [0.717, 1.165) is 16.5 Å². The van der Waals surface area contributed by atoms with Crippen molar-refractivity contribution in [2.75, 3.05) is 5.75 Å². The molecular formula is C23H33N5O6S. The van der Waals surface area contributed by atoms with E-state index < -0.39 is 59.9 Å². The molecule has 12 heteroatoms. The van der Waals surface area contributed by atoms with Crippen molar-refractivity contribution in [3.8, 4) is 0 Å². The summed E-state index contributed by atoms with van der Waals surface area (Å²) in [5.41, 5.74) is 7.86. The molecule has 2 rings (SSSR count). The smallest absolute Gasteiger partial charge is 0.328 e. The molecule has 0 aliphatic carbocycles. The number of carbonyl (C=O) groups is 4. The fraction of sp³-hybridized carbons (Fsp3) is 0.478. The summed E-state index contributed by atoms with van der Waals surface area (Å²) >= 11 is 4.14. The van der Waals surface area contributed by atoms with Crippen LogP contribution in [0.5, 0.6) is 0 Å². The van der Waals surface area contributed by atoms with E-state index in [4.69, 9.17) is 5.73 Å². The molecule has 0 bridgehead atoms. The van der Waals surface area contributed by atoms with Crippen molar-refractivity contribution in [2.45, 2.75) is 57.5 Å². The van der Waals surface area contributed by atoms with Gasteiger partial charge in [0.25, 0.3) is 0 Å². The van der Waals surface area contributed by atoms with E-state index in [-0.39, 0.29) is 12.2 Å². The Hall–Kier alpha value is -3.09. The highest BCUT2D eigenvalue weighted by atomic mass is 32.1. The minimum atomic E-state index is -1.54. The number of thiol groups is 1. The Kier molecular flexibility index (Phi) is 10.1. The molecule has 8 N–H and O–H groups in total. The summed E-state index contributed by atoms with van der Waals surface area (Å²) in [5, 5.41) is 27.1. The average molecular weight is 508 g/mol. The van der Waals surface area contributed by atoms with E-state index in [1.54, 1.807) is 20.0 Å².